The second-order valence-corrected chi connectivity index (χ2v) is 12.4. The molecule has 1 saturated heterocycles. The van der Waals surface area contributed by atoms with Crippen molar-refractivity contribution in [2.45, 2.75) is 78.2 Å². The second-order valence-electron chi connectivity index (χ2n) is 11.5. The van der Waals surface area contributed by atoms with Crippen LogP contribution >= 0.6 is 11.3 Å². The lowest BCUT2D eigenvalue weighted by molar-refractivity contribution is -0.134. The van der Waals surface area contributed by atoms with Gasteiger partial charge in [0.2, 0.25) is 11.8 Å². The molecule has 0 aromatic carbocycles. The molecule has 1 unspecified atom stereocenters. The standard InChI is InChI=1S/C26H36N2O2S/c1-24(2,21-6-5-15-31-21)28-23(30)19-9-8-17-16-7-10-20-26(4,14-12-22(29)27-20)18(16)11-13-25(17,19)3/h5-6,10,15-19H,7-9,11-14H2,1-4H3,(H,27,29)(H,28,30)/t16-,17-,18-,19?,25-,26+/m0/s1. The number of rotatable bonds is 3. The van der Waals surface area contributed by atoms with Crippen LogP contribution in [0.2, 0.25) is 0 Å². The van der Waals surface area contributed by atoms with E-state index in [4.69, 9.17) is 0 Å². The molecule has 0 spiro atoms. The summed E-state index contributed by atoms with van der Waals surface area (Å²) in [5, 5.41) is 8.67. The largest absolute Gasteiger partial charge is 0.346 e. The van der Waals surface area contributed by atoms with Crippen LogP contribution in [0.4, 0.5) is 0 Å². The highest BCUT2D eigenvalue weighted by molar-refractivity contribution is 7.10. The van der Waals surface area contributed by atoms with E-state index in [1.165, 1.54) is 17.0 Å². The van der Waals surface area contributed by atoms with Crippen LogP contribution in [0.5, 0.6) is 0 Å². The first-order valence-electron chi connectivity index (χ1n) is 12.0. The quantitative estimate of drug-likeness (QED) is 0.664. The molecule has 1 aliphatic heterocycles. The zero-order valence-corrected chi connectivity index (χ0v) is 20.1. The van der Waals surface area contributed by atoms with E-state index < -0.39 is 0 Å². The SMILES string of the molecule is CC(C)(NC(=O)C1CC[C@H]2[C@@H]3CC=C4NC(=O)CC[C@]4(C)[C@H]3CC[C@]12C)c1cccs1. The smallest absolute Gasteiger partial charge is 0.224 e. The lowest BCUT2D eigenvalue weighted by Crippen LogP contribution is -2.54. The molecule has 3 fully saturated rings. The molecule has 3 aliphatic carbocycles. The van der Waals surface area contributed by atoms with Crippen molar-refractivity contribution in [2.75, 3.05) is 0 Å². The molecule has 2 heterocycles. The molecular formula is C26H36N2O2S. The van der Waals surface area contributed by atoms with E-state index >= 15 is 0 Å². The first-order valence-corrected chi connectivity index (χ1v) is 12.9. The molecule has 2 saturated carbocycles. The van der Waals surface area contributed by atoms with Gasteiger partial charge in [-0.2, -0.15) is 0 Å². The summed E-state index contributed by atoms with van der Waals surface area (Å²) in [6.45, 7) is 9.01. The summed E-state index contributed by atoms with van der Waals surface area (Å²) >= 11 is 1.71. The predicted octanol–water partition coefficient (Wildman–Crippen LogP) is 5.36. The number of amides is 2. The summed E-state index contributed by atoms with van der Waals surface area (Å²) in [5.41, 5.74) is 1.03. The second kappa shape index (κ2) is 7.19. The van der Waals surface area contributed by atoms with Crippen molar-refractivity contribution in [1.82, 2.24) is 10.6 Å². The van der Waals surface area contributed by atoms with Crippen molar-refractivity contribution in [3.8, 4) is 0 Å². The third-order valence-corrected chi connectivity index (χ3v) is 10.7. The minimum Gasteiger partial charge on any atom is -0.346 e. The van der Waals surface area contributed by atoms with Crippen LogP contribution < -0.4 is 10.6 Å². The molecule has 168 valence electrons. The van der Waals surface area contributed by atoms with Crippen LogP contribution in [0.3, 0.4) is 0 Å². The minimum atomic E-state index is -0.326. The molecule has 0 radical (unpaired) electrons. The average molecular weight is 441 g/mol. The predicted molar refractivity (Wildman–Crippen MR) is 124 cm³/mol. The van der Waals surface area contributed by atoms with Crippen LogP contribution in [-0.2, 0) is 15.1 Å². The number of carbonyl (C=O) groups is 2. The number of hydrogen-bond acceptors (Lipinski definition) is 3. The zero-order valence-electron chi connectivity index (χ0n) is 19.3. The third kappa shape index (κ3) is 3.21. The van der Waals surface area contributed by atoms with E-state index in [2.05, 4.69) is 61.9 Å². The monoisotopic (exact) mass is 440 g/mol. The Bertz CT molecular complexity index is 920. The average Bonchev–Trinajstić information content (AvgIpc) is 3.36. The van der Waals surface area contributed by atoms with Gasteiger partial charge in [0.25, 0.3) is 0 Å². The molecule has 2 N–H and O–H groups in total. The maximum absolute atomic E-state index is 13.5. The van der Waals surface area contributed by atoms with E-state index in [1.807, 2.05) is 0 Å². The van der Waals surface area contributed by atoms with E-state index in [0.717, 1.165) is 32.1 Å². The molecule has 5 rings (SSSR count). The highest BCUT2D eigenvalue weighted by Gasteiger charge is 2.60. The summed E-state index contributed by atoms with van der Waals surface area (Å²) in [4.78, 5) is 26.7. The number of hydrogen-bond donors (Lipinski definition) is 2. The summed E-state index contributed by atoms with van der Waals surface area (Å²) < 4.78 is 0. The van der Waals surface area contributed by atoms with Gasteiger partial charge in [0.1, 0.15) is 0 Å². The fraction of sp³-hybridized carbons (Fsp3) is 0.692. The molecule has 5 heteroatoms. The fourth-order valence-electron chi connectivity index (χ4n) is 7.72. The first kappa shape index (κ1) is 21.2. The Balaban J connectivity index is 1.37. The van der Waals surface area contributed by atoms with Crippen molar-refractivity contribution in [2.24, 2.45) is 34.5 Å². The van der Waals surface area contributed by atoms with Gasteiger partial charge in [-0.1, -0.05) is 26.0 Å². The summed E-state index contributed by atoms with van der Waals surface area (Å²) in [6.07, 6.45) is 9.41. The zero-order chi connectivity index (χ0) is 22.0. The van der Waals surface area contributed by atoms with Crippen LogP contribution in [0.1, 0.15) is 77.5 Å². The topological polar surface area (TPSA) is 58.2 Å². The number of allylic oxidation sites excluding steroid dienone is 2. The number of thiophene rings is 1. The van der Waals surface area contributed by atoms with Gasteiger partial charge in [0.05, 0.1) is 5.54 Å². The number of nitrogens with one attached hydrogen (secondary N) is 2. The van der Waals surface area contributed by atoms with Gasteiger partial charge in [-0.05, 0) is 87.0 Å². The minimum absolute atomic E-state index is 0.0798. The number of carbonyl (C=O) groups excluding carboxylic acids is 2. The summed E-state index contributed by atoms with van der Waals surface area (Å²) in [7, 11) is 0. The molecule has 4 aliphatic rings. The Hall–Kier alpha value is -1.62. The Morgan fingerprint density at radius 2 is 2.00 bits per heavy atom. The maximum atomic E-state index is 13.5. The highest BCUT2D eigenvalue weighted by atomic mass is 32.1. The van der Waals surface area contributed by atoms with Crippen molar-refractivity contribution in [3.05, 3.63) is 34.2 Å². The van der Waals surface area contributed by atoms with Crippen molar-refractivity contribution in [1.29, 1.82) is 0 Å². The maximum Gasteiger partial charge on any atom is 0.224 e. The normalized spacial score (nSPS) is 39.6. The summed E-state index contributed by atoms with van der Waals surface area (Å²) in [5.74, 6) is 2.36. The number of piperidine rings is 1. The molecule has 1 aromatic heterocycles. The van der Waals surface area contributed by atoms with Gasteiger partial charge in [0, 0.05) is 28.3 Å². The molecule has 2 amide bonds. The van der Waals surface area contributed by atoms with Crippen LogP contribution in [0.15, 0.2) is 29.3 Å². The molecule has 1 aromatic rings. The molecule has 4 nitrogen and oxygen atoms in total. The molecule has 6 atom stereocenters. The molecular weight excluding hydrogens is 404 g/mol. The number of fused-ring (bicyclic) bond motifs is 5. The highest BCUT2D eigenvalue weighted by Crippen LogP contribution is 2.65. The van der Waals surface area contributed by atoms with Gasteiger partial charge in [-0.25, -0.2) is 0 Å². The van der Waals surface area contributed by atoms with E-state index in [1.54, 1.807) is 11.3 Å². The molecule has 0 bridgehead atoms. The Kier molecular flexibility index (Phi) is 4.93. The summed E-state index contributed by atoms with van der Waals surface area (Å²) in [6, 6.07) is 4.17. The van der Waals surface area contributed by atoms with Crippen LogP contribution in [0.25, 0.3) is 0 Å². The van der Waals surface area contributed by atoms with Gasteiger partial charge in [0.15, 0.2) is 0 Å². The first-order chi connectivity index (χ1) is 14.6. The van der Waals surface area contributed by atoms with Crippen LogP contribution in [0, 0.1) is 34.5 Å². The Morgan fingerprint density at radius 1 is 1.19 bits per heavy atom. The van der Waals surface area contributed by atoms with E-state index in [9.17, 15) is 9.59 Å². The van der Waals surface area contributed by atoms with Crippen molar-refractivity contribution >= 4 is 23.2 Å². The van der Waals surface area contributed by atoms with E-state index in [0.29, 0.717) is 24.2 Å². The van der Waals surface area contributed by atoms with E-state index in [-0.39, 0.29) is 34.1 Å². The van der Waals surface area contributed by atoms with Gasteiger partial charge in [-0.3, -0.25) is 9.59 Å². The van der Waals surface area contributed by atoms with Crippen LogP contribution in [-0.4, -0.2) is 11.8 Å². The lowest BCUT2D eigenvalue weighted by Gasteiger charge is -2.57. The fourth-order valence-corrected chi connectivity index (χ4v) is 8.52. The van der Waals surface area contributed by atoms with Gasteiger partial charge < -0.3 is 10.6 Å². The van der Waals surface area contributed by atoms with Crippen molar-refractivity contribution < 1.29 is 9.59 Å². The third-order valence-electron chi connectivity index (χ3n) is 9.50. The lowest BCUT2D eigenvalue weighted by atomic mass is 9.49. The molecule has 31 heavy (non-hydrogen) atoms. The van der Waals surface area contributed by atoms with Gasteiger partial charge in [-0.15, -0.1) is 11.3 Å². The Labute approximate surface area is 190 Å². The van der Waals surface area contributed by atoms with Crippen molar-refractivity contribution in [3.63, 3.8) is 0 Å². The van der Waals surface area contributed by atoms with Gasteiger partial charge >= 0.3 is 0 Å². The Morgan fingerprint density at radius 3 is 2.74 bits per heavy atom.